The molecule has 0 aliphatic carbocycles. The first-order chi connectivity index (χ1) is 17.4. The summed E-state index contributed by atoms with van der Waals surface area (Å²) in [4.78, 5) is 32.7. The van der Waals surface area contributed by atoms with Crippen LogP contribution in [0.4, 0.5) is 13.2 Å². The summed E-state index contributed by atoms with van der Waals surface area (Å²) in [5.74, 6) is -0.968. The summed E-state index contributed by atoms with van der Waals surface area (Å²) in [6, 6.07) is 11.1. The van der Waals surface area contributed by atoms with E-state index in [4.69, 9.17) is 9.47 Å². The average Bonchev–Trinajstić information content (AvgIpc) is 2.86. The topological polar surface area (TPSA) is 111 Å². The number of carbonyl (C=O) groups excluding carboxylic acids is 1. The molecule has 37 heavy (non-hydrogen) atoms. The maximum Gasteiger partial charge on any atom is 0.416 e. The van der Waals surface area contributed by atoms with Crippen molar-refractivity contribution >= 4 is 11.9 Å². The third-order valence-corrected chi connectivity index (χ3v) is 5.39. The summed E-state index contributed by atoms with van der Waals surface area (Å²) in [6.45, 7) is 3.33. The van der Waals surface area contributed by atoms with E-state index in [2.05, 4.69) is 15.3 Å². The van der Waals surface area contributed by atoms with E-state index in [-0.39, 0.29) is 24.5 Å². The van der Waals surface area contributed by atoms with Gasteiger partial charge in [0, 0.05) is 31.8 Å². The quantitative estimate of drug-likeness (QED) is 0.407. The molecular weight excluding hydrogens is 491 g/mol. The molecule has 0 bridgehead atoms. The van der Waals surface area contributed by atoms with Crippen molar-refractivity contribution in [2.45, 2.75) is 38.6 Å². The summed E-state index contributed by atoms with van der Waals surface area (Å²) in [6.07, 6.45) is -2.82. The lowest BCUT2D eigenvalue weighted by molar-refractivity contribution is -0.152. The molecule has 0 spiro atoms. The second-order valence-corrected chi connectivity index (χ2v) is 8.62. The van der Waals surface area contributed by atoms with E-state index in [9.17, 15) is 27.9 Å². The second-order valence-electron chi connectivity index (χ2n) is 8.62. The third kappa shape index (κ3) is 7.26. The molecule has 0 atom stereocenters. The number of nitrogens with zero attached hydrogens (tertiary/aromatic N) is 2. The molecule has 0 radical (unpaired) electrons. The van der Waals surface area contributed by atoms with Crippen LogP contribution in [0.5, 0.6) is 5.75 Å². The predicted molar refractivity (Wildman–Crippen MR) is 128 cm³/mol. The number of aliphatic carboxylic acids is 1. The van der Waals surface area contributed by atoms with Crippen molar-refractivity contribution in [3.05, 3.63) is 77.1 Å². The summed E-state index contributed by atoms with van der Waals surface area (Å²) >= 11 is 0. The van der Waals surface area contributed by atoms with E-state index in [1.807, 2.05) is 0 Å². The fourth-order valence-corrected chi connectivity index (χ4v) is 3.23. The van der Waals surface area contributed by atoms with Gasteiger partial charge in [-0.3, -0.25) is 4.79 Å². The molecule has 0 unspecified atom stereocenters. The Morgan fingerprint density at radius 2 is 1.68 bits per heavy atom. The summed E-state index contributed by atoms with van der Waals surface area (Å²) < 4.78 is 49.1. The Balaban J connectivity index is 1.73. The minimum absolute atomic E-state index is 0.172. The molecule has 1 heterocycles. The number of ether oxygens (including phenoxy) is 2. The Hall–Kier alpha value is -3.99. The third-order valence-electron chi connectivity index (χ3n) is 5.39. The first kappa shape index (κ1) is 27.6. The van der Waals surface area contributed by atoms with Gasteiger partial charge in [-0.05, 0) is 43.7 Å². The lowest BCUT2D eigenvalue weighted by atomic mass is 10.1. The van der Waals surface area contributed by atoms with Crippen molar-refractivity contribution in [3.8, 4) is 17.1 Å². The lowest BCUT2D eigenvalue weighted by Gasteiger charge is -2.21. The monoisotopic (exact) mass is 517 g/mol. The number of halogens is 3. The zero-order valence-electron chi connectivity index (χ0n) is 20.4. The molecule has 11 heteroatoms. The summed E-state index contributed by atoms with van der Waals surface area (Å²) in [5, 5.41) is 12.0. The summed E-state index contributed by atoms with van der Waals surface area (Å²) in [5.41, 5.74) is -0.431. The van der Waals surface area contributed by atoms with Crippen LogP contribution < -0.4 is 10.1 Å². The van der Waals surface area contributed by atoms with Gasteiger partial charge in [0.25, 0.3) is 5.91 Å². The van der Waals surface area contributed by atoms with Crippen LogP contribution >= 0.6 is 0 Å². The Morgan fingerprint density at radius 1 is 1.03 bits per heavy atom. The van der Waals surface area contributed by atoms with Gasteiger partial charge in [-0.2, -0.15) is 13.2 Å². The number of benzene rings is 2. The van der Waals surface area contributed by atoms with Crippen molar-refractivity contribution in [2.24, 2.45) is 0 Å². The van der Waals surface area contributed by atoms with Gasteiger partial charge < -0.3 is 19.9 Å². The molecule has 0 fully saturated rings. The maximum atomic E-state index is 12.9. The van der Waals surface area contributed by atoms with Gasteiger partial charge in [-0.25, -0.2) is 14.8 Å². The molecule has 0 aliphatic heterocycles. The largest absolute Gasteiger partial charge is 0.478 e. The molecule has 2 aromatic carbocycles. The van der Waals surface area contributed by atoms with Gasteiger partial charge in [0.1, 0.15) is 5.75 Å². The van der Waals surface area contributed by atoms with Crippen LogP contribution in [0.3, 0.4) is 0 Å². The Morgan fingerprint density at radius 3 is 2.24 bits per heavy atom. The SMILES string of the molecule is COCCc1nc(-c2ccc(C(F)(F)F)cc2)ncc1C(=O)NCc1ccc(OC(C)(C)C(=O)O)cc1. The zero-order chi connectivity index (χ0) is 27.2. The van der Waals surface area contributed by atoms with Crippen LogP contribution in [0.25, 0.3) is 11.4 Å². The molecule has 0 saturated heterocycles. The highest BCUT2D eigenvalue weighted by molar-refractivity contribution is 5.95. The second kappa shape index (κ2) is 11.4. The minimum atomic E-state index is -4.45. The van der Waals surface area contributed by atoms with Crippen LogP contribution in [0.1, 0.15) is 41.0 Å². The van der Waals surface area contributed by atoms with E-state index in [1.54, 1.807) is 24.3 Å². The first-order valence-electron chi connectivity index (χ1n) is 11.2. The van der Waals surface area contributed by atoms with E-state index >= 15 is 0 Å². The van der Waals surface area contributed by atoms with E-state index in [0.717, 1.165) is 17.7 Å². The van der Waals surface area contributed by atoms with Crippen molar-refractivity contribution in [1.29, 1.82) is 0 Å². The van der Waals surface area contributed by atoms with Gasteiger partial charge in [0.15, 0.2) is 11.4 Å². The van der Waals surface area contributed by atoms with Gasteiger partial charge in [0.2, 0.25) is 0 Å². The Labute approximate surface area is 211 Å². The van der Waals surface area contributed by atoms with Gasteiger partial charge in [-0.15, -0.1) is 0 Å². The molecule has 3 rings (SSSR count). The predicted octanol–water partition coefficient (Wildman–Crippen LogP) is 4.52. The van der Waals surface area contributed by atoms with Crippen molar-refractivity contribution in [1.82, 2.24) is 15.3 Å². The zero-order valence-corrected chi connectivity index (χ0v) is 20.4. The molecule has 0 saturated carbocycles. The summed E-state index contributed by atoms with van der Waals surface area (Å²) in [7, 11) is 1.50. The molecular formula is C26H26F3N3O5. The number of amides is 1. The smallest absolute Gasteiger partial charge is 0.416 e. The molecule has 1 amide bonds. The highest BCUT2D eigenvalue weighted by atomic mass is 19.4. The standard InChI is InChI=1S/C26H26F3N3O5/c1-25(2,24(34)35)37-19-10-4-16(5-11-19)14-31-23(33)20-15-30-22(32-21(20)12-13-36-3)17-6-8-18(9-7-17)26(27,28)29/h4-11,15H,12-14H2,1-3H3,(H,31,33)(H,34,35). The lowest BCUT2D eigenvalue weighted by Crippen LogP contribution is -2.37. The molecule has 1 aromatic heterocycles. The van der Waals surface area contributed by atoms with Gasteiger partial charge in [-0.1, -0.05) is 24.3 Å². The van der Waals surface area contributed by atoms with Crippen LogP contribution in [0.15, 0.2) is 54.7 Å². The molecule has 0 aliphatic rings. The van der Waals surface area contributed by atoms with E-state index < -0.39 is 29.2 Å². The number of nitrogens with one attached hydrogen (secondary N) is 1. The van der Waals surface area contributed by atoms with Crippen molar-refractivity contribution < 1.29 is 37.3 Å². The highest BCUT2D eigenvalue weighted by Gasteiger charge is 2.30. The molecule has 196 valence electrons. The fraction of sp³-hybridized carbons (Fsp3) is 0.308. The van der Waals surface area contributed by atoms with E-state index in [0.29, 0.717) is 23.4 Å². The highest BCUT2D eigenvalue weighted by Crippen LogP contribution is 2.30. The number of methoxy groups -OCH3 is 1. The number of rotatable bonds is 10. The number of carboxylic acid groups (broad SMARTS) is 1. The van der Waals surface area contributed by atoms with Crippen LogP contribution in [-0.2, 0) is 28.7 Å². The number of hydrogen-bond acceptors (Lipinski definition) is 6. The Kier molecular flexibility index (Phi) is 8.49. The number of alkyl halides is 3. The van der Waals surface area contributed by atoms with Gasteiger partial charge >= 0.3 is 12.1 Å². The average molecular weight is 518 g/mol. The normalized spacial score (nSPS) is 11.7. The molecule has 3 aromatic rings. The van der Waals surface area contributed by atoms with Crippen LogP contribution in [-0.4, -0.2) is 46.3 Å². The maximum absolute atomic E-state index is 12.9. The first-order valence-corrected chi connectivity index (χ1v) is 11.2. The van der Waals surface area contributed by atoms with Crippen LogP contribution in [0.2, 0.25) is 0 Å². The number of carboxylic acids is 1. The minimum Gasteiger partial charge on any atom is -0.478 e. The van der Waals surface area contributed by atoms with Crippen molar-refractivity contribution in [3.63, 3.8) is 0 Å². The van der Waals surface area contributed by atoms with Crippen LogP contribution in [0, 0.1) is 0 Å². The Bertz CT molecular complexity index is 1240. The fourth-order valence-electron chi connectivity index (χ4n) is 3.23. The number of carbonyl (C=O) groups is 2. The molecule has 8 nitrogen and oxygen atoms in total. The van der Waals surface area contributed by atoms with Gasteiger partial charge in [0.05, 0.1) is 23.4 Å². The van der Waals surface area contributed by atoms with Crippen molar-refractivity contribution in [2.75, 3.05) is 13.7 Å². The number of hydrogen-bond donors (Lipinski definition) is 2. The van der Waals surface area contributed by atoms with E-state index in [1.165, 1.54) is 39.3 Å². The molecule has 2 N–H and O–H groups in total. The number of aromatic nitrogens is 2.